The molecule has 0 aliphatic carbocycles. The number of H-pyrrole nitrogens is 1. The molecule has 8 nitrogen and oxygen atoms in total. The lowest BCUT2D eigenvalue weighted by Crippen LogP contribution is -2.27. The van der Waals surface area contributed by atoms with E-state index in [1.807, 2.05) is 23.6 Å². The summed E-state index contributed by atoms with van der Waals surface area (Å²) < 4.78 is 10.6. The first kappa shape index (κ1) is 18.6. The van der Waals surface area contributed by atoms with Crippen LogP contribution in [0.15, 0.2) is 40.5 Å². The first-order valence-corrected chi connectivity index (χ1v) is 8.99. The van der Waals surface area contributed by atoms with Gasteiger partial charge in [0.25, 0.3) is 11.5 Å². The molecule has 0 aliphatic heterocycles. The number of rotatable bonds is 7. The summed E-state index contributed by atoms with van der Waals surface area (Å²) in [6.45, 7) is 0.411. The van der Waals surface area contributed by atoms with E-state index in [2.05, 4.69) is 20.5 Å². The summed E-state index contributed by atoms with van der Waals surface area (Å²) in [6, 6.07) is 8.29. The molecule has 0 aliphatic rings. The van der Waals surface area contributed by atoms with Crippen LogP contribution in [0.2, 0.25) is 0 Å². The molecule has 2 heterocycles. The van der Waals surface area contributed by atoms with Gasteiger partial charge in [-0.3, -0.25) is 9.59 Å². The van der Waals surface area contributed by atoms with E-state index >= 15 is 0 Å². The van der Waals surface area contributed by atoms with E-state index in [0.29, 0.717) is 24.5 Å². The van der Waals surface area contributed by atoms with Gasteiger partial charge in [-0.15, -0.1) is 11.3 Å². The van der Waals surface area contributed by atoms with Crippen LogP contribution >= 0.6 is 11.3 Å². The fourth-order valence-corrected chi connectivity index (χ4v) is 3.24. The van der Waals surface area contributed by atoms with Crippen molar-refractivity contribution >= 4 is 17.2 Å². The van der Waals surface area contributed by atoms with Gasteiger partial charge in [-0.05, 0) is 24.3 Å². The minimum atomic E-state index is -0.350. The highest BCUT2D eigenvalue weighted by Crippen LogP contribution is 2.33. The van der Waals surface area contributed by atoms with Crippen molar-refractivity contribution < 1.29 is 14.3 Å². The van der Waals surface area contributed by atoms with Gasteiger partial charge in [0.15, 0.2) is 11.5 Å². The number of carbonyl (C=O) groups is 1. The van der Waals surface area contributed by atoms with Crippen LogP contribution in [-0.4, -0.2) is 41.9 Å². The zero-order valence-electron chi connectivity index (χ0n) is 14.8. The Balaban J connectivity index is 1.60. The lowest BCUT2D eigenvalue weighted by atomic mass is 10.2. The van der Waals surface area contributed by atoms with E-state index in [1.165, 1.54) is 23.5 Å². The third-order valence-corrected chi connectivity index (χ3v) is 4.70. The molecule has 2 N–H and O–H groups in total. The molecule has 0 fully saturated rings. The predicted octanol–water partition coefficient (Wildman–Crippen LogP) is 1.88. The van der Waals surface area contributed by atoms with Crippen LogP contribution in [0.4, 0.5) is 0 Å². The van der Waals surface area contributed by atoms with Crippen molar-refractivity contribution in [3.63, 3.8) is 0 Å². The zero-order chi connectivity index (χ0) is 19.2. The minimum absolute atomic E-state index is 0.166. The number of carbonyl (C=O) groups excluding carboxylic acids is 1. The SMILES string of the molecule is COc1ccc(-c2nc(CCNC(=O)c3ccc(=O)[nH]n3)cs2)cc1OC. The number of aromatic nitrogens is 3. The molecule has 0 bridgehead atoms. The van der Waals surface area contributed by atoms with Gasteiger partial charge in [-0.1, -0.05) is 0 Å². The molecule has 140 valence electrons. The van der Waals surface area contributed by atoms with Gasteiger partial charge in [0, 0.05) is 30.0 Å². The highest BCUT2D eigenvalue weighted by molar-refractivity contribution is 7.13. The first-order chi connectivity index (χ1) is 13.1. The van der Waals surface area contributed by atoms with Crippen molar-refractivity contribution in [1.29, 1.82) is 0 Å². The molecule has 9 heteroatoms. The van der Waals surface area contributed by atoms with Gasteiger partial charge in [0.1, 0.15) is 10.7 Å². The quantitative estimate of drug-likeness (QED) is 0.642. The van der Waals surface area contributed by atoms with Crippen molar-refractivity contribution in [2.24, 2.45) is 0 Å². The van der Waals surface area contributed by atoms with E-state index in [9.17, 15) is 9.59 Å². The van der Waals surface area contributed by atoms with Crippen molar-refractivity contribution in [3.8, 4) is 22.1 Å². The van der Waals surface area contributed by atoms with Gasteiger partial charge in [-0.2, -0.15) is 5.10 Å². The zero-order valence-corrected chi connectivity index (χ0v) is 15.6. The molecule has 0 radical (unpaired) electrons. The van der Waals surface area contributed by atoms with Gasteiger partial charge in [0.2, 0.25) is 0 Å². The summed E-state index contributed by atoms with van der Waals surface area (Å²) in [4.78, 5) is 27.5. The number of nitrogens with one attached hydrogen (secondary N) is 2. The van der Waals surface area contributed by atoms with Crippen LogP contribution in [0.3, 0.4) is 0 Å². The summed E-state index contributed by atoms with van der Waals surface area (Å²) in [5.74, 6) is 0.964. The highest BCUT2D eigenvalue weighted by Gasteiger charge is 2.11. The normalized spacial score (nSPS) is 10.4. The highest BCUT2D eigenvalue weighted by atomic mass is 32.1. The second-order valence-corrected chi connectivity index (χ2v) is 6.38. The standard InChI is InChI=1S/C18H18N4O4S/c1-25-14-5-3-11(9-15(14)26-2)18-20-12(10-27-18)7-8-19-17(24)13-4-6-16(23)22-21-13/h3-6,9-10H,7-8H2,1-2H3,(H,19,24)(H,22,23). The number of aromatic amines is 1. The second kappa shape index (κ2) is 8.45. The smallest absolute Gasteiger partial charge is 0.271 e. The van der Waals surface area contributed by atoms with Gasteiger partial charge < -0.3 is 14.8 Å². The summed E-state index contributed by atoms with van der Waals surface area (Å²) >= 11 is 1.52. The molecule has 2 aromatic heterocycles. The molecule has 0 saturated carbocycles. The molecule has 27 heavy (non-hydrogen) atoms. The van der Waals surface area contributed by atoms with Gasteiger partial charge >= 0.3 is 0 Å². The fourth-order valence-electron chi connectivity index (χ4n) is 2.39. The van der Waals surface area contributed by atoms with E-state index < -0.39 is 0 Å². The Kier molecular flexibility index (Phi) is 5.82. The van der Waals surface area contributed by atoms with Gasteiger partial charge in [0.05, 0.1) is 19.9 Å². The number of ether oxygens (including phenoxy) is 2. The molecule has 1 amide bonds. The number of methoxy groups -OCH3 is 2. The van der Waals surface area contributed by atoms with Crippen molar-refractivity contribution in [2.45, 2.75) is 6.42 Å². The Morgan fingerprint density at radius 2 is 2.00 bits per heavy atom. The molecule has 1 aromatic carbocycles. The first-order valence-electron chi connectivity index (χ1n) is 8.11. The number of amides is 1. The molecule has 0 unspecified atom stereocenters. The van der Waals surface area contributed by atoms with E-state index in [-0.39, 0.29) is 17.2 Å². The summed E-state index contributed by atoms with van der Waals surface area (Å²) in [5, 5.41) is 11.5. The Morgan fingerprint density at radius 3 is 2.70 bits per heavy atom. The number of thiazole rings is 1. The molecule has 0 saturated heterocycles. The number of hydrogen-bond acceptors (Lipinski definition) is 7. The van der Waals surface area contributed by atoms with Gasteiger partial charge in [-0.25, -0.2) is 10.1 Å². The fraction of sp³-hybridized carbons (Fsp3) is 0.222. The Bertz CT molecular complexity index is 979. The third-order valence-electron chi connectivity index (χ3n) is 3.76. The van der Waals surface area contributed by atoms with E-state index in [1.54, 1.807) is 14.2 Å². The Hall–Kier alpha value is -3.20. The molecule has 0 spiro atoms. The molecular weight excluding hydrogens is 368 g/mol. The van der Waals surface area contributed by atoms with Crippen molar-refractivity contribution in [2.75, 3.05) is 20.8 Å². The maximum atomic E-state index is 12.0. The monoisotopic (exact) mass is 386 g/mol. The lowest BCUT2D eigenvalue weighted by Gasteiger charge is -2.08. The third kappa shape index (κ3) is 4.50. The average Bonchev–Trinajstić information content (AvgIpc) is 3.16. The maximum absolute atomic E-state index is 12.0. The molecule has 3 rings (SSSR count). The van der Waals surface area contributed by atoms with Crippen LogP contribution in [0.25, 0.3) is 10.6 Å². The van der Waals surface area contributed by atoms with Crippen LogP contribution in [0.5, 0.6) is 11.5 Å². The van der Waals surface area contributed by atoms with Crippen LogP contribution in [-0.2, 0) is 6.42 Å². The lowest BCUT2D eigenvalue weighted by molar-refractivity contribution is 0.0948. The molecule has 3 aromatic rings. The van der Waals surface area contributed by atoms with E-state index in [0.717, 1.165) is 16.3 Å². The van der Waals surface area contributed by atoms with Crippen LogP contribution in [0.1, 0.15) is 16.2 Å². The predicted molar refractivity (Wildman–Crippen MR) is 102 cm³/mol. The summed E-state index contributed by atoms with van der Waals surface area (Å²) in [5.41, 5.74) is 1.63. The number of benzene rings is 1. The van der Waals surface area contributed by atoms with Crippen molar-refractivity contribution in [3.05, 3.63) is 57.5 Å². The largest absolute Gasteiger partial charge is 0.493 e. The summed E-state index contributed by atoms with van der Waals surface area (Å²) in [6.07, 6.45) is 0.582. The van der Waals surface area contributed by atoms with Crippen molar-refractivity contribution in [1.82, 2.24) is 20.5 Å². The van der Waals surface area contributed by atoms with Crippen LogP contribution in [0, 0.1) is 0 Å². The molecular formula is C18H18N4O4S. The maximum Gasteiger partial charge on any atom is 0.271 e. The van der Waals surface area contributed by atoms with Crippen LogP contribution < -0.4 is 20.3 Å². The minimum Gasteiger partial charge on any atom is -0.493 e. The Morgan fingerprint density at radius 1 is 1.19 bits per heavy atom. The summed E-state index contributed by atoms with van der Waals surface area (Å²) in [7, 11) is 3.19. The van der Waals surface area contributed by atoms with E-state index in [4.69, 9.17) is 9.47 Å². The number of hydrogen-bond donors (Lipinski definition) is 2. The second-order valence-electron chi connectivity index (χ2n) is 5.53. The average molecular weight is 386 g/mol. The molecule has 0 atom stereocenters. The number of nitrogens with zero attached hydrogens (tertiary/aromatic N) is 2. The Labute approximate surface area is 159 Å². The topological polar surface area (TPSA) is 106 Å².